The standard InChI is InChI=1S/C6H13NO5/c7-3(1-8)5(11)6(12)4(10)2-9/h4-12H,1-2H2. The van der Waals surface area contributed by atoms with Gasteiger partial charge in [-0.05, 0) is 0 Å². The molecule has 0 aromatic rings. The van der Waals surface area contributed by atoms with E-state index in [2.05, 4.69) is 0 Å². The Bertz CT molecular complexity index is 151. The van der Waals surface area contributed by atoms with Gasteiger partial charge in [0, 0.05) is 0 Å². The maximum Gasteiger partial charge on any atom is 0.122 e. The Labute approximate surface area is 69.2 Å². The smallest absolute Gasteiger partial charge is 0.122 e. The highest BCUT2D eigenvalue weighted by molar-refractivity contribution is 5.87. The zero-order valence-electron chi connectivity index (χ0n) is 6.38. The van der Waals surface area contributed by atoms with E-state index in [1.54, 1.807) is 0 Å². The third-order valence-electron chi connectivity index (χ3n) is 1.43. The summed E-state index contributed by atoms with van der Waals surface area (Å²) in [6.45, 7) is -1.41. The second-order valence-electron chi connectivity index (χ2n) is 2.37. The van der Waals surface area contributed by atoms with Crippen LogP contribution >= 0.6 is 0 Å². The topological polar surface area (TPSA) is 125 Å². The lowest BCUT2D eigenvalue weighted by molar-refractivity contribution is -0.0566. The van der Waals surface area contributed by atoms with Crippen LogP contribution in [0.5, 0.6) is 0 Å². The number of nitrogens with one attached hydrogen (secondary N) is 1. The Morgan fingerprint density at radius 1 is 1.17 bits per heavy atom. The van der Waals surface area contributed by atoms with Gasteiger partial charge in [0.25, 0.3) is 0 Å². The summed E-state index contributed by atoms with van der Waals surface area (Å²) in [4.78, 5) is 0. The van der Waals surface area contributed by atoms with Crippen LogP contribution in [0.3, 0.4) is 0 Å². The third-order valence-corrected chi connectivity index (χ3v) is 1.43. The van der Waals surface area contributed by atoms with E-state index in [0.29, 0.717) is 0 Å². The fourth-order valence-corrected chi connectivity index (χ4v) is 0.618. The zero-order chi connectivity index (χ0) is 9.72. The molecule has 12 heavy (non-hydrogen) atoms. The summed E-state index contributed by atoms with van der Waals surface area (Å²) >= 11 is 0. The van der Waals surface area contributed by atoms with Crippen molar-refractivity contribution in [1.82, 2.24) is 0 Å². The minimum absolute atomic E-state index is 0.505. The molecule has 0 aromatic heterocycles. The quantitative estimate of drug-likeness (QED) is 0.252. The molecule has 0 aliphatic carbocycles. The van der Waals surface area contributed by atoms with Crippen LogP contribution in [0.15, 0.2) is 0 Å². The first-order valence-corrected chi connectivity index (χ1v) is 3.37. The predicted molar refractivity (Wildman–Crippen MR) is 39.9 cm³/mol. The van der Waals surface area contributed by atoms with E-state index in [9.17, 15) is 0 Å². The molecule has 0 heterocycles. The van der Waals surface area contributed by atoms with Gasteiger partial charge >= 0.3 is 0 Å². The average Bonchev–Trinajstić information content (AvgIpc) is 2.12. The van der Waals surface area contributed by atoms with Crippen molar-refractivity contribution in [1.29, 1.82) is 5.41 Å². The molecule has 72 valence electrons. The largest absolute Gasteiger partial charge is 0.394 e. The highest BCUT2D eigenvalue weighted by atomic mass is 16.4. The fourth-order valence-electron chi connectivity index (χ4n) is 0.618. The molecular formula is C6H13NO5. The second-order valence-corrected chi connectivity index (χ2v) is 2.37. The summed E-state index contributed by atoms with van der Waals surface area (Å²) in [7, 11) is 0. The molecule has 6 nitrogen and oxygen atoms in total. The van der Waals surface area contributed by atoms with Crippen LogP contribution in [0.25, 0.3) is 0 Å². The molecule has 0 saturated heterocycles. The fraction of sp³-hybridized carbons (Fsp3) is 0.833. The van der Waals surface area contributed by atoms with Crippen LogP contribution < -0.4 is 0 Å². The van der Waals surface area contributed by atoms with E-state index >= 15 is 0 Å². The molecule has 6 N–H and O–H groups in total. The first kappa shape index (κ1) is 11.5. The molecule has 0 aliphatic heterocycles. The first-order valence-electron chi connectivity index (χ1n) is 3.37. The molecule has 6 heteroatoms. The molecule has 0 fully saturated rings. The van der Waals surface area contributed by atoms with E-state index in [0.717, 1.165) is 0 Å². The van der Waals surface area contributed by atoms with Crippen molar-refractivity contribution in [3.05, 3.63) is 0 Å². The molecule has 0 spiro atoms. The minimum atomic E-state index is -1.64. The molecule has 0 rings (SSSR count). The predicted octanol–water partition coefficient (Wildman–Crippen LogP) is -2.93. The molecule has 0 amide bonds. The van der Waals surface area contributed by atoms with Gasteiger partial charge in [0.05, 0.1) is 18.9 Å². The first-order chi connectivity index (χ1) is 5.54. The van der Waals surface area contributed by atoms with E-state index in [1.807, 2.05) is 0 Å². The van der Waals surface area contributed by atoms with E-state index < -0.39 is 37.2 Å². The van der Waals surface area contributed by atoms with Crippen LogP contribution in [0.1, 0.15) is 0 Å². The van der Waals surface area contributed by atoms with Gasteiger partial charge < -0.3 is 30.9 Å². The van der Waals surface area contributed by atoms with Crippen LogP contribution in [0.2, 0.25) is 0 Å². The number of aliphatic hydroxyl groups excluding tert-OH is 5. The Balaban J connectivity index is 4.08. The SMILES string of the molecule is N=C(CO)C(O)C(O)C(O)CO. The molecule has 0 aliphatic rings. The van der Waals surface area contributed by atoms with Crippen molar-refractivity contribution in [2.24, 2.45) is 0 Å². The lowest BCUT2D eigenvalue weighted by atomic mass is 10.0. The Hall–Kier alpha value is -0.530. The average molecular weight is 179 g/mol. The van der Waals surface area contributed by atoms with Crippen molar-refractivity contribution < 1.29 is 25.5 Å². The zero-order valence-corrected chi connectivity index (χ0v) is 6.38. The molecule has 0 aromatic carbocycles. The van der Waals surface area contributed by atoms with Crippen LogP contribution in [-0.4, -0.2) is 62.8 Å². The van der Waals surface area contributed by atoms with Gasteiger partial charge in [-0.25, -0.2) is 0 Å². The number of hydrogen-bond acceptors (Lipinski definition) is 6. The summed E-state index contributed by atoms with van der Waals surface area (Å²) in [5, 5.41) is 50.4. The molecule has 3 unspecified atom stereocenters. The highest BCUT2D eigenvalue weighted by Crippen LogP contribution is 2.00. The van der Waals surface area contributed by atoms with Gasteiger partial charge in [-0.3, -0.25) is 0 Å². The number of rotatable bonds is 5. The summed E-state index contributed by atoms with van der Waals surface area (Å²) in [6.07, 6.45) is -4.79. The van der Waals surface area contributed by atoms with Crippen molar-refractivity contribution in [2.75, 3.05) is 13.2 Å². The summed E-state index contributed by atoms with van der Waals surface area (Å²) in [6, 6.07) is 0. The van der Waals surface area contributed by atoms with Gasteiger partial charge in [-0.15, -0.1) is 0 Å². The maximum atomic E-state index is 8.98. The molecule has 0 radical (unpaired) electrons. The minimum Gasteiger partial charge on any atom is -0.394 e. The summed E-state index contributed by atoms with van der Waals surface area (Å²) in [5.74, 6) is 0. The lowest BCUT2D eigenvalue weighted by Gasteiger charge is -2.20. The Morgan fingerprint density at radius 3 is 2.00 bits per heavy atom. The van der Waals surface area contributed by atoms with Gasteiger partial charge in [0.1, 0.15) is 18.3 Å². The Morgan fingerprint density at radius 2 is 1.67 bits per heavy atom. The van der Waals surface area contributed by atoms with Crippen LogP contribution in [-0.2, 0) is 0 Å². The Kier molecular flexibility index (Phi) is 4.95. The van der Waals surface area contributed by atoms with E-state index in [1.165, 1.54) is 0 Å². The molecular weight excluding hydrogens is 166 g/mol. The highest BCUT2D eigenvalue weighted by Gasteiger charge is 2.26. The maximum absolute atomic E-state index is 8.98. The molecule has 3 atom stereocenters. The third kappa shape index (κ3) is 2.84. The second kappa shape index (κ2) is 5.18. The van der Waals surface area contributed by atoms with Gasteiger partial charge in [-0.2, -0.15) is 0 Å². The molecule has 0 bridgehead atoms. The van der Waals surface area contributed by atoms with Gasteiger partial charge in [0.2, 0.25) is 0 Å². The van der Waals surface area contributed by atoms with Crippen molar-refractivity contribution in [3.63, 3.8) is 0 Å². The summed E-state index contributed by atoms with van der Waals surface area (Å²) in [5.41, 5.74) is -0.505. The number of aliphatic hydroxyl groups is 5. The van der Waals surface area contributed by atoms with Crippen LogP contribution in [0.4, 0.5) is 0 Å². The van der Waals surface area contributed by atoms with Crippen molar-refractivity contribution in [3.8, 4) is 0 Å². The normalized spacial score (nSPS) is 18.4. The van der Waals surface area contributed by atoms with Crippen molar-refractivity contribution >= 4 is 5.71 Å². The van der Waals surface area contributed by atoms with Gasteiger partial charge in [-0.1, -0.05) is 0 Å². The molecule has 0 saturated carbocycles. The van der Waals surface area contributed by atoms with E-state index in [4.69, 9.17) is 30.9 Å². The lowest BCUT2D eigenvalue weighted by Crippen LogP contribution is -2.44. The van der Waals surface area contributed by atoms with Gasteiger partial charge in [0.15, 0.2) is 0 Å². The van der Waals surface area contributed by atoms with E-state index in [-0.39, 0.29) is 0 Å². The summed E-state index contributed by atoms with van der Waals surface area (Å²) < 4.78 is 0. The van der Waals surface area contributed by atoms with Crippen molar-refractivity contribution in [2.45, 2.75) is 18.3 Å². The monoisotopic (exact) mass is 179 g/mol. The van der Waals surface area contributed by atoms with Crippen LogP contribution in [0, 0.1) is 5.41 Å². The number of hydrogen-bond donors (Lipinski definition) is 6.